The maximum atomic E-state index is 13.5. The number of sulfonamides is 1. The molecule has 0 amide bonds. The van der Waals surface area contributed by atoms with E-state index in [4.69, 9.17) is 5.11 Å². The molecule has 6 nitrogen and oxygen atoms in total. The normalized spacial score (nSPS) is 11.7. The second-order valence-corrected chi connectivity index (χ2v) is 5.72. The van der Waals surface area contributed by atoms with Gasteiger partial charge in [-0.3, -0.25) is 9.82 Å². The summed E-state index contributed by atoms with van der Waals surface area (Å²) >= 11 is 0. The van der Waals surface area contributed by atoms with E-state index in [-0.39, 0.29) is 5.56 Å². The van der Waals surface area contributed by atoms with E-state index >= 15 is 0 Å². The minimum Gasteiger partial charge on any atom is -0.392 e. The molecule has 0 aliphatic rings. The molecule has 0 saturated carbocycles. The molecule has 1 aromatic carbocycles. The SMILES string of the molecule is Cc1[nH]nc(S(=O)(=O)Nc2ccc(F)c(F)c2F)c1CO. The maximum absolute atomic E-state index is 13.5. The zero-order chi connectivity index (χ0) is 15.8. The van der Waals surface area contributed by atoms with Crippen LogP contribution >= 0.6 is 0 Å². The zero-order valence-electron chi connectivity index (χ0n) is 10.6. The monoisotopic (exact) mass is 321 g/mol. The van der Waals surface area contributed by atoms with Crippen LogP contribution in [0.4, 0.5) is 18.9 Å². The first-order valence-electron chi connectivity index (χ1n) is 5.59. The molecule has 114 valence electrons. The molecule has 1 heterocycles. The number of benzene rings is 1. The van der Waals surface area contributed by atoms with E-state index in [2.05, 4.69) is 10.2 Å². The van der Waals surface area contributed by atoms with Crippen molar-refractivity contribution < 1.29 is 26.7 Å². The van der Waals surface area contributed by atoms with Gasteiger partial charge in [0.25, 0.3) is 10.0 Å². The molecule has 0 fully saturated rings. The van der Waals surface area contributed by atoms with Crippen LogP contribution in [-0.4, -0.2) is 23.7 Å². The Morgan fingerprint density at radius 2 is 1.95 bits per heavy atom. The van der Waals surface area contributed by atoms with Gasteiger partial charge in [-0.1, -0.05) is 0 Å². The molecular formula is C11H10F3N3O3S. The number of aryl methyl sites for hydroxylation is 1. The molecule has 0 aliphatic carbocycles. The molecule has 0 saturated heterocycles. The quantitative estimate of drug-likeness (QED) is 0.742. The number of H-pyrrole nitrogens is 1. The molecular weight excluding hydrogens is 311 g/mol. The van der Waals surface area contributed by atoms with Crippen molar-refractivity contribution in [2.24, 2.45) is 0 Å². The van der Waals surface area contributed by atoms with Gasteiger partial charge in [0.15, 0.2) is 17.5 Å². The van der Waals surface area contributed by atoms with Crippen LogP contribution in [0.15, 0.2) is 17.2 Å². The van der Waals surface area contributed by atoms with Crippen LogP contribution in [0.3, 0.4) is 0 Å². The predicted octanol–water partition coefficient (Wildman–Crippen LogP) is 1.43. The first kappa shape index (κ1) is 15.3. The van der Waals surface area contributed by atoms with E-state index in [0.717, 1.165) is 6.07 Å². The van der Waals surface area contributed by atoms with Crippen LogP contribution in [0.5, 0.6) is 0 Å². The summed E-state index contributed by atoms with van der Waals surface area (Å²) < 4.78 is 65.2. The van der Waals surface area contributed by atoms with Gasteiger partial charge in [-0.15, -0.1) is 0 Å². The van der Waals surface area contributed by atoms with Crippen molar-refractivity contribution in [3.8, 4) is 0 Å². The van der Waals surface area contributed by atoms with Crippen LogP contribution in [0, 0.1) is 24.4 Å². The van der Waals surface area contributed by atoms with Crippen molar-refractivity contribution in [3.63, 3.8) is 0 Å². The number of aliphatic hydroxyl groups excluding tert-OH is 1. The van der Waals surface area contributed by atoms with Gasteiger partial charge in [0.05, 0.1) is 12.3 Å². The standard InChI is InChI=1S/C11H10F3N3O3S/c1-5-6(4-18)11(16-15-5)21(19,20)17-8-3-2-7(12)9(13)10(8)14/h2-3,17-18H,4H2,1H3,(H,15,16). The molecule has 0 atom stereocenters. The number of rotatable bonds is 4. The van der Waals surface area contributed by atoms with E-state index in [0.29, 0.717) is 11.8 Å². The van der Waals surface area contributed by atoms with Gasteiger partial charge in [-0.2, -0.15) is 13.5 Å². The second kappa shape index (κ2) is 5.37. The molecule has 2 aromatic rings. The average molecular weight is 321 g/mol. The van der Waals surface area contributed by atoms with E-state index in [1.165, 1.54) is 6.92 Å². The van der Waals surface area contributed by atoms with Gasteiger partial charge >= 0.3 is 0 Å². The Kier molecular flexibility index (Phi) is 3.92. The maximum Gasteiger partial charge on any atom is 0.281 e. The van der Waals surface area contributed by atoms with Crippen LogP contribution in [0.25, 0.3) is 0 Å². The topological polar surface area (TPSA) is 95.1 Å². The number of nitrogens with one attached hydrogen (secondary N) is 2. The highest BCUT2D eigenvalue weighted by Crippen LogP contribution is 2.24. The largest absolute Gasteiger partial charge is 0.392 e. The third-order valence-electron chi connectivity index (χ3n) is 2.73. The lowest BCUT2D eigenvalue weighted by molar-refractivity contribution is 0.277. The molecule has 0 unspecified atom stereocenters. The molecule has 0 spiro atoms. The smallest absolute Gasteiger partial charge is 0.281 e. The molecule has 2 rings (SSSR count). The summed E-state index contributed by atoms with van der Waals surface area (Å²) in [4.78, 5) is 0. The number of aromatic nitrogens is 2. The van der Waals surface area contributed by atoms with Gasteiger partial charge in [-0.25, -0.2) is 13.2 Å². The molecule has 0 bridgehead atoms. The number of hydrogen-bond acceptors (Lipinski definition) is 4. The fourth-order valence-electron chi connectivity index (χ4n) is 1.64. The minimum absolute atomic E-state index is 0.00880. The zero-order valence-corrected chi connectivity index (χ0v) is 11.4. The van der Waals surface area contributed by atoms with Crippen LogP contribution in [-0.2, 0) is 16.6 Å². The van der Waals surface area contributed by atoms with Gasteiger partial charge in [0.1, 0.15) is 0 Å². The number of aliphatic hydroxyl groups is 1. The fraction of sp³-hybridized carbons (Fsp3) is 0.182. The lowest BCUT2D eigenvalue weighted by atomic mass is 10.3. The summed E-state index contributed by atoms with van der Waals surface area (Å²) in [6.07, 6.45) is 0. The summed E-state index contributed by atoms with van der Waals surface area (Å²) in [6, 6.07) is 1.32. The van der Waals surface area contributed by atoms with Crippen molar-refractivity contribution in [3.05, 3.63) is 40.8 Å². The Morgan fingerprint density at radius 1 is 1.29 bits per heavy atom. The summed E-state index contributed by atoms with van der Waals surface area (Å²) in [5, 5.41) is 14.4. The van der Waals surface area contributed by atoms with E-state index in [9.17, 15) is 21.6 Å². The summed E-state index contributed by atoms with van der Waals surface area (Å²) in [7, 11) is -4.37. The number of halogens is 3. The molecule has 10 heteroatoms. The highest BCUT2D eigenvalue weighted by molar-refractivity contribution is 7.92. The van der Waals surface area contributed by atoms with E-state index in [1.54, 1.807) is 4.72 Å². The van der Waals surface area contributed by atoms with Crippen LogP contribution in [0.1, 0.15) is 11.3 Å². The Bertz CT molecular complexity index is 789. The highest BCUT2D eigenvalue weighted by atomic mass is 32.2. The first-order valence-corrected chi connectivity index (χ1v) is 7.07. The van der Waals surface area contributed by atoms with Crippen molar-refractivity contribution in [1.82, 2.24) is 10.2 Å². The molecule has 0 radical (unpaired) electrons. The number of anilines is 1. The molecule has 0 aliphatic heterocycles. The molecule has 21 heavy (non-hydrogen) atoms. The van der Waals surface area contributed by atoms with E-state index in [1.807, 2.05) is 0 Å². The van der Waals surface area contributed by atoms with Crippen molar-refractivity contribution in [2.45, 2.75) is 18.6 Å². The van der Waals surface area contributed by atoms with Crippen LogP contribution < -0.4 is 4.72 Å². The van der Waals surface area contributed by atoms with Crippen molar-refractivity contribution in [1.29, 1.82) is 0 Å². The Balaban J connectivity index is 2.45. The number of hydrogen-bond donors (Lipinski definition) is 3. The second-order valence-electron chi connectivity index (χ2n) is 4.12. The Morgan fingerprint density at radius 3 is 2.57 bits per heavy atom. The minimum atomic E-state index is -4.37. The summed E-state index contributed by atoms with van der Waals surface area (Å²) in [5.41, 5.74) is -0.465. The Labute approximate surface area is 117 Å². The van der Waals surface area contributed by atoms with Gasteiger partial charge < -0.3 is 5.11 Å². The van der Waals surface area contributed by atoms with Gasteiger partial charge in [0.2, 0.25) is 5.03 Å². The van der Waals surface area contributed by atoms with E-state index < -0.39 is 44.8 Å². The molecule has 3 N–H and O–H groups in total. The van der Waals surface area contributed by atoms with Crippen LogP contribution in [0.2, 0.25) is 0 Å². The predicted molar refractivity (Wildman–Crippen MR) is 66.4 cm³/mol. The van der Waals surface area contributed by atoms with Crippen molar-refractivity contribution in [2.75, 3.05) is 4.72 Å². The van der Waals surface area contributed by atoms with Gasteiger partial charge in [0, 0.05) is 11.3 Å². The fourth-order valence-corrected chi connectivity index (χ4v) is 2.89. The highest BCUT2D eigenvalue weighted by Gasteiger charge is 2.25. The third kappa shape index (κ3) is 2.72. The first-order chi connectivity index (χ1) is 9.77. The lowest BCUT2D eigenvalue weighted by Crippen LogP contribution is -2.17. The molecule has 1 aromatic heterocycles. The number of nitrogens with zero attached hydrogens (tertiary/aromatic N) is 1. The summed E-state index contributed by atoms with van der Waals surface area (Å²) in [5.74, 6) is -4.91. The Hall–Kier alpha value is -2.07. The van der Waals surface area contributed by atoms with Gasteiger partial charge in [-0.05, 0) is 19.1 Å². The third-order valence-corrected chi connectivity index (χ3v) is 4.06. The average Bonchev–Trinajstić information content (AvgIpc) is 2.81. The lowest BCUT2D eigenvalue weighted by Gasteiger charge is -2.08. The summed E-state index contributed by atoms with van der Waals surface area (Å²) in [6.45, 7) is 0.870. The number of aromatic amines is 1. The van der Waals surface area contributed by atoms with Crippen molar-refractivity contribution >= 4 is 15.7 Å².